The van der Waals surface area contributed by atoms with E-state index in [1.807, 2.05) is 38.0 Å². The number of rotatable bonds is 4. The van der Waals surface area contributed by atoms with Crippen molar-refractivity contribution in [3.8, 4) is 5.69 Å². The van der Waals surface area contributed by atoms with Crippen molar-refractivity contribution in [2.45, 2.75) is 13.8 Å². The summed E-state index contributed by atoms with van der Waals surface area (Å²) in [5, 5.41) is 4.56. The fourth-order valence-corrected chi connectivity index (χ4v) is 2.45. The zero-order valence-electron chi connectivity index (χ0n) is 14.6. The van der Waals surface area contributed by atoms with Gasteiger partial charge in [-0.3, -0.25) is 0 Å². The highest BCUT2D eigenvalue weighted by atomic mass is 15.3. The third kappa shape index (κ3) is 3.54. The lowest BCUT2D eigenvalue weighted by Crippen LogP contribution is -2.08. The van der Waals surface area contributed by atoms with E-state index in [4.69, 9.17) is 0 Å². The van der Waals surface area contributed by atoms with Crippen LogP contribution in [0.4, 0.5) is 11.5 Å². The molecule has 0 spiro atoms. The van der Waals surface area contributed by atoms with E-state index in [1.54, 1.807) is 0 Å². The SMILES string of the molecule is Cc1ccc(-n2nc(C)cc2/N=C/c2ccc(N(C)C)cc2)cc1. The zero-order valence-corrected chi connectivity index (χ0v) is 14.6. The van der Waals surface area contributed by atoms with E-state index in [-0.39, 0.29) is 0 Å². The Morgan fingerprint density at radius 2 is 1.62 bits per heavy atom. The number of aliphatic imine (C=N–C) groups is 1. The van der Waals surface area contributed by atoms with Crippen LogP contribution in [0.3, 0.4) is 0 Å². The Morgan fingerprint density at radius 3 is 2.25 bits per heavy atom. The molecule has 2 aromatic carbocycles. The van der Waals surface area contributed by atoms with Crippen molar-refractivity contribution in [1.82, 2.24) is 9.78 Å². The molecule has 4 heteroatoms. The average Bonchev–Trinajstić information content (AvgIpc) is 2.95. The largest absolute Gasteiger partial charge is 0.378 e. The van der Waals surface area contributed by atoms with Crippen LogP contribution in [-0.4, -0.2) is 30.1 Å². The molecule has 0 fully saturated rings. The normalized spacial score (nSPS) is 11.2. The van der Waals surface area contributed by atoms with Crippen molar-refractivity contribution in [3.05, 3.63) is 71.4 Å². The first-order valence-electron chi connectivity index (χ1n) is 7.98. The fourth-order valence-electron chi connectivity index (χ4n) is 2.45. The van der Waals surface area contributed by atoms with Crippen LogP contribution in [-0.2, 0) is 0 Å². The second kappa shape index (κ2) is 6.71. The standard InChI is InChI=1S/C20H22N4/c1-15-5-9-19(10-6-15)24-20(13-16(2)22-24)21-14-17-7-11-18(12-8-17)23(3)4/h5-14H,1-4H3/b21-14+. The summed E-state index contributed by atoms with van der Waals surface area (Å²) < 4.78 is 1.87. The summed E-state index contributed by atoms with van der Waals surface area (Å²) in [6, 6.07) is 18.6. The van der Waals surface area contributed by atoms with Gasteiger partial charge in [0.25, 0.3) is 0 Å². The Balaban J connectivity index is 1.88. The van der Waals surface area contributed by atoms with E-state index in [0.717, 1.165) is 22.8 Å². The van der Waals surface area contributed by atoms with Crippen LogP contribution in [0.1, 0.15) is 16.8 Å². The van der Waals surface area contributed by atoms with Gasteiger partial charge in [-0.15, -0.1) is 0 Å². The summed E-state index contributed by atoms with van der Waals surface area (Å²) in [4.78, 5) is 6.71. The Labute approximate surface area is 143 Å². The molecule has 0 N–H and O–H groups in total. The molecule has 4 nitrogen and oxygen atoms in total. The van der Waals surface area contributed by atoms with Crippen LogP contribution >= 0.6 is 0 Å². The van der Waals surface area contributed by atoms with Crippen LogP contribution in [0.2, 0.25) is 0 Å². The molecule has 24 heavy (non-hydrogen) atoms. The highest BCUT2D eigenvalue weighted by Crippen LogP contribution is 2.20. The minimum Gasteiger partial charge on any atom is -0.378 e. The summed E-state index contributed by atoms with van der Waals surface area (Å²) >= 11 is 0. The second-order valence-electron chi connectivity index (χ2n) is 6.14. The molecule has 0 aliphatic carbocycles. The van der Waals surface area contributed by atoms with Gasteiger partial charge in [0.2, 0.25) is 0 Å². The lowest BCUT2D eigenvalue weighted by molar-refractivity contribution is 0.863. The average molecular weight is 318 g/mol. The van der Waals surface area contributed by atoms with Gasteiger partial charge in [0.15, 0.2) is 5.82 Å². The highest BCUT2D eigenvalue weighted by Gasteiger charge is 2.06. The maximum absolute atomic E-state index is 4.63. The van der Waals surface area contributed by atoms with Crippen LogP contribution in [0.25, 0.3) is 5.69 Å². The topological polar surface area (TPSA) is 33.4 Å². The van der Waals surface area contributed by atoms with Crippen LogP contribution < -0.4 is 4.90 Å². The minimum atomic E-state index is 0.827. The van der Waals surface area contributed by atoms with Crippen LogP contribution in [0.5, 0.6) is 0 Å². The lowest BCUT2D eigenvalue weighted by Gasteiger charge is -2.11. The molecule has 0 saturated heterocycles. The molecular formula is C20H22N4. The molecule has 0 amide bonds. The molecular weight excluding hydrogens is 296 g/mol. The molecule has 3 aromatic rings. The van der Waals surface area contributed by atoms with E-state index in [2.05, 4.69) is 70.4 Å². The Hall–Kier alpha value is -2.88. The minimum absolute atomic E-state index is 0.827. The summed E-state index contributed by atoms with van der Waals surface area (Å²) in [5.41, 5.74) is 5.44. The maximum atomic E-state index is 4.63. The first-order chi connectivity index (χ1) is 11.5. The smallest absolute Gasteiger partial charge is 0.155 e. The number of anilines is 1. The van der Waals surface area contributed by atoms with Crippen molar-refractivity contribution in [3.63, 3.8) is 0 Å². The van der Waals surface area contributed by atoms with Crippen molar-refractivity contribution < 1.29 is 0 Å². The van der Waals surface area contributed by atoms with Gasteiger partial charge in [0.1, 0.15) is 0 Å². The quantitative estimate of drug-likeness (QED) is 0.672. The molecule has 0 atom stereocenters. The van der Waals surface area contributed by atoms with Crippen LogP contribution in [0, 0.1) is 13.8 Å². The van der Waals surface area contributed by atoms with Crippen molar-refractivity contribution in [2.75, 3.05) is 19.0 Å². The zero-order chi connectivity index (χ0) is 17.1. The molecule has 1 aromatic heterocycles. The first kappa shape index (κ1) is 16.0. The molecule has 3 rings (SSSR count). The summed E-state index contributed by atoms with van der Waals surface area (Å²) in [5.74, 6) is 0.827. The molecule has 0 radical (unpaired) electrons. The van der Waals surface area contributed by atoms with Gasteiger partial charge in [0.05, 0.1) is 11.4 Å². The van der Waals surface area contributed by atoms with Gasteiger partial charge in [-0.25, -0.2) is 9.67 Å². The first-order valence-corrected chi connectivity index (χ1v) is 7.98. The van der Waals surface area contributed by atoms with Gasteiger partial charge in [-0.2, -0.15) is 5.10 Å². The number of hydrogen-bond donors (Lipinski definition) is 0. The molecule has 0 bridgehead atoms. The van der Waals surface area contributed by atoms with Gasteiger partial charge < -0.3 is 4.90 Å². The number of hydrogen-bond acceptors (Lipinski definition) is 3. The Morgan fingerprint density at radius 1 is 0.958 bits per heavy atom. The van der Waals surface area contributed by atoms with E-state index in [1.165, 1.54) is 11.3 Å². The molecule has 122 valence electrons. The Kier molecular flexibility index (Phi) is 4.47. The molecule has 0 unspecified atom stereocenters. The summed E-state index contributed by atoms with van der Waals surface area (Å²) in [6.07, 6.45) is 1.88. The van der Waals surface area contributed by atoms with Crippen molar-refractivity contribution in [2.24, 2.45) is 4.99 Å². The number of benzene rings is 2. The predicted octanol–water partition coefficient (Wildman–Crippen LogP) is 4.31. The van der Waals surface area contributed by atoms with Gasteiger partial charge in [-0.1, -0.05) is 29.8 Å². The van der Waals surface area contributed by atoms with E-state index >= 15 is 0 Å². The number of aromatic nitrogens is 2. The van der Waals surface area contributed by atoms with Gasteiger partial charge in [-0.05, 0) is 43.7 Å². The maximum Gasteiger partial charge on any atom is 0.155 e. The number of nitrogens with zero attached hydrogens (tertiary/aromatic N) is 4. The molecule has 1 heterocycles. The van der Waals surface area contributed by atoms with Gasteiger partial charge in [0, 0.05) is 32.1 Å². The highest BCUT2D eigenvalue weighted by molar-refractivity contribution is 5.82. The third-order valence-corrected chi connectivity index (χ3v) is 3.85. The summed E-state index contributed by atoms with van der Waals surface area (Å²) in [7, 11) is 4.07. The number of aryl methyl sites for hydroxylation is 2. The van der Waals surface area contributed by atoms with E-state index in [9.17, 15) is 0 Å². The molecule has 0 aliphatic rings. The lowest BCUT2D eigenvalue weighted by atomic mass is 10.2. The molecule has 0 saturated carbocycles. The Bertz CT molecular complexity index is 840. The fraction of sp³-hybridized carbons (Fsp3) is 0.200. The van der Waals surface area contributed by atoms with Gasteiger partial charge >= 0.3 is 0 Å². The van der Waals surface area contributed by atoms with Crippen molar-refractivity contribution >= 4 is 17.7 Å². The predicted molar refractivity (Wildman–Crippen MR) is 101 cm³/mol. The van der Waals surface area contributed by atoms with Crippen molar-refractivity contribution in [1.29, 1.82) is 0 Å². The second-order valence-corrected chi connectivity index (χ2v) is 6.14. The molecule has 0 aliphatic heterocycles. The third-order valence-electron chi connectivity index (χ3n) is 3.85. The monoisotopic (exact) mass is 318 g/mol. The van der Waals surface area contributed by atoms with Crippen LogP contribution in [0.15, 0.2) is 59.6 Å². The van der Waals surface area contributed by atoms with E-state index < -0.39 is 0 Å². The summed E-state index contributed by atoms with van der Waals surface area (Å²) in [6.45, 7) is 4.06. The van der Waals surface area contributed by atoms with E-state index in [0.29, 0.717) is 0 Å².